The van der Waals surface area contributed by atoms with E-state index in [1.165, 1.54) is 135 Å². The van der Waals surface area contributed by atoms with Crippen LogP contribution in [0.4, 0.5) is 0 Å². The minimum absolute atomic E-state index is 0.0284. The molecule has 0 aromatic carbocycles. The zero-order valence-electron chi connectivity index (χ0n) is 53.5. The van der Waals surface area contributed by atoms with E-state index in [-0.39, 0.29) is 24.9 Å². The van der Waals surface area contributed by atoms with E-state index in [2.05, 4.69) is 111 Å². The lowest BCUT2D eigenvalue weighted by molar-refractivity contribution is -0.870. The number of nitrogens with one attached hydrogen (secondary N) is 1. The Kier molecular flexibility index (Phi) is 57.8. The van der Waals surface area contributed by atoms with Crippen LogP contribution < -0.4 is 10.2 Å². The number of ether oxygens (including phenoxy) is 1. The van der Waals surface area contributed by atoms with Gasteiger partial charge in [-0.2, -0.15) is 0 Å². The van der Waals surface area contributed by atoms with Crippen LogP contribution in [-0.4, -0.2) is 69.4 Å². The lowest BCUT2D eigenvalue weighted by Gasteiger charge is -2.30. The molecular weight excluding hydrogens is 1020 g/mol. The van der Waals surface area contributed by atoms with E-state index >= 15 is 0 Å². The van der Waals surface area contributed by atoms with E-state index in [0.717, 1.165) is 122 Å². The molecule has 0 aliphatic carbocycles. The Labute approximate surface area is 500 Å². The van der Waals surface area contributed by atoms with Crippen LogP contribution in [0.3, 0.4) is 0 Å². The number of rotatable bonds is 60. The lowest BCUT2D eigenvalue weighted by atomic mass is 10.0. The first-order valence-electron chi connectivity index (χ1n) is 33.5. The fourth-order valence-electron chi connectivity index (χ4n) is 9.34. The van der Waals surface area contributed by atoms with Crippen LogP contribution in [0, 0.1) is 0 Å². The Balaban J connectivity index is 5.10. The Morgan fingerprint density at radius 2 is 0.790 bits per heavy atom. The minimum Gasteiger partial charge on any atom is -0.756 e. The number of likely N-dealkylation sites (N-methyl/N-ethyl adjacent to an activating group) is 1. The van der Waals surface area contributed by atoms with Gasteiger partial charge in [0.25, 0.3) is 7.82 Å². The van der Waals surface area contributed by atoms with Crippen molar-refractivity contribution in [1.82, 2.24) is 5.32 Å². The number of esters is 1. The molecule has 0 spiro atoms. The van der Waals surface area contributed by atoms with Gasteiger partial charge in [-0.25, -0.2) is 0 Å². The molecule has 1 N–H and O–H groups in total. The van der Waals surface area contributed by atoms with E-state index in [9.17, 15) is 19.0 Å². The molecule has 81 heavy (non-hydrogen) atoms. The number of phosphoric ester groups is 1. The van der Waals surface area contributed by atoms with Gasteiger partial charge in [-0.3, -0.25) is 14.2 Å². The summed E-state index contributed by atoms with van der Waals surface area (Å²) in [5, 5.41) is 3.03. The average molecular weight is 1150 g/mol. The van der Waals surface area contributed by atoms with E-state index < -0.39 is 26.6 Å². The van der Waals surface area contributed by atoms with E-state index in [1.807, 2.05) is 33.3 Å². The normalized spacial score (nSPS) is 14.2. The van der Waals surface area contributed by atoms with Gasteiger partial charge in [-0.1, -0.05) is 266 Å². The third-order valence-corrected chi connectivity index (χ3v) is 15.5. The number of hydrogen-bond donors (Lipinski definition) is 1. The Morgan fingerprint density at radius 1 is 0.444 bits per heavy atom. The molecule has 3 unspecified atom stereocenters. The smallest absolute Gasteiger partial charge is 0.306 e. The maximum atomic E-state index is 13.6. The third kappa shape index (κ3) is 61.3. The maximum Gasteiger partial charge on any atom is 0.306 e. The van der Waals surface area contributed by atoms with Gasteiger partial charge < -0.3 is 28.5 Å². The maximum absolute atomic E-state index is 13.6. The number of hydrogen-bond acceptors (Lipinski definition) is 7. The first-order chi connectivity index (χ1) is 39.4. The minimum atomic E-state index is -4.71. The van der Waals surface area contributed by atoms with E-state index in [1.54, 1.807) is 0 Å². The van der Waals surface area contributed by atoms with E-state index in [4.69, 9.17) is 13.8 Å². The topological polar surface area (TPSA) is 114 Å². The molecular formula is C71H127N2O7P. The first-order valence-corrected chi connectivity index (χ1v) is 35.0. The van der Waals surface area contributed by atoms with Crippen LogP contribution in [-0.2, 0) is 27.9 Å². The molecule has 0 saturated carbocycles. The highest BCUT2D eigenvalue weighted by Crippen LogP contribution is 2.38. The molecule has 0 rings (SSSR count). The van der Waals surface area contributed by atoms with Gasteiger partial charge in [-0.05, 0) is 109 Å². The quantitative estimate of drug-likeness (QED) is 0.0212. The van der Waals surface area contributed by atoms with Crippen LogP contribution in [0.25, 0.3) is 0 Å². The summed E-state index contributed by atoms with van der Waals surface area (Å²) in [6.45, 7) is 6.72. The van der Waals surface area contributed by atoms with Crippen LogP contribution in [0.1, 0.15) is 290 Å². The highest BCUT2D eigenvalue weighted by atomic mass is 31.2. The number of amides is 1. The van der Waals surface area contributed by atoms with Crippen molar-refractivity contribution in [3.63, 3.8) is 0 Å². The Bertz CT molecular complexity index is 1710. The number of unbranched alkanes of at least 4 members (excludes halogenated alkanes) is 30. The SMILES string of the molecule is CC/C=C\C/C=C\C/C=C\C/C=C\C/C=C\C/C=C\CCCCCCCCCCC(=O)NC(COP(=O)([O-])OCC[N+](C)(C)C)C(/C=C\CCCCCCCCCCC)OC(=O)CCCCCCCCC/C=C/CCCCCCCC. The summed E-state index contributed by atoms with van der Waals surface area (Å²) < 4.78 is 30.4. The number of allylic oxidation sites excluding steroid dienone is 15. The number of carbonyl (C=O) groups is 2. The lowest BCUT2D eigenvalue weighted by Crippen LogP contribution is -2.47. The monoisotopic (exact) mass is 1150 g/mol. The molecule has 1 amide bonds. The number of nitrogens with zero attached hydrogens (tertiary/aromatic N) is 1. The Morgan fingerprint density at radius 3 is 1.20 bits per heavy atom. The molecule has 0 aromatic heterocycles. The Hall–Kier alpha value is -3.07. The molecule has 0 aromatic rings. The van der Waals surface area contributed by atoms with Crippen molar-refractivity contribution in [3.8, 4) is 0 Å². The summed E-state index contributed by atoms with van der Waals surface area (Å²) in [5.74, 6) is -0.555. The van der Waals surface area contributed by atoms with Crippen molar-refractivity contribution >= 4 is 19.7 Å². The van der Waals surface area contributed by atoms with Gasteiger partial charge >= 0.3 is 5.97 Å². The predicted octanol–water partition coefficient (Wildman–Crippen LogP) is 20.5. The highest BCUT2D eigenvalue weighted by molar-refractivity contribution is 7.45. The third-order valence-electron chi connectivity index (χ3n) is 14.5. The van der Waals surface area contributed by atoms with Gasteiger partial charge in [0, 0.05) is 12.8 Å². The molecule has 0 aliphatic rings. The largest absolute Gasteiger partial charge is 0.756 e. The second-order valence-corrected chi connectivity index (χ2v) is 25.0. The summed E-state index contributed by atoms with van der Waals surface area (Å²) in [6, 6.07) is -0.900. The number of phosphoric acid groups is 1. The number of carbonyl (C=O) groups excluding carboxylic acids is 2. The molecule has 3 atom stereocenters. The fourth-order valence-corrected chi connectivity index (χ4v) is 10.1. The van der Waals surface area contributed by atoms with Crippen molar-refractivity contribution in [2.45, 2.75) is 303 Å². The molecule has 0 saturated heterocycles. The average Bonchev–Trinajstić information content (AvgIpc) is 3.43. The summed E-state index contributed by atoms with van der Waals surface area (Å²) in [6.07, 6.45) is 80.9. The fraction of sp³-hybridized carbons (Fsp3) is 0.746. The molecule has 10 heteroatoms. The molecule has 0 radical (unpaired) electrons. The van der Waals surface area contributed by atoms with Crippen LogP contribution >= 0.6 is 7.82 Å². The zero-order chi connectivity index (χ0) is 59.3. The van der Waals surface area contributed by atoms with Crippen molar-refractivity contribution in [1.29, 1.82) is 0 Å². The summed E-state index contributed by atoms with van der Waals surface area (Å²) in [5.41, 5.74) is 0. The van der Waals surface area contributed by atoms with Gasteiger partial charge in [0.2, 0.25) is 5.91 Å². The summed E-state index contributed by atoms with van der Waals surface area (Å²) >= 11 is 0. The predicted molar refractivity (Wildman–Crippen MR) is 348 cm³/mol. The second kappa shape index (κ2) is 60.1. The van der Waals surface area contributed by atoms with Crippen molar-refractivity contribution in [2.24, 2.45) is 0 Å². The summed E-state index contributed by atoms with van der Waals surface area (Å²) in [7, 11) is 1.17. The standard InChI is InChI=1S/C71H127N2O7P/c1-7-10-13-16-19-22-25-27-29-31-32-33-34-35-36-37-38-39-40-42-43-45-48-51-54-57-60-63-70(74)72-68(67-79-81(76,77)78-66-65-73(4,5)6)69(62-59-56-53-50-47-24-21-18-15-12-9-3)80-71(75)64-61-58-55-52-49-46-44-41-30-28-26-23-20-17-14-11-8-2/h10,13,19,22,27-30,32-33,35-36,38-39,59,62,68-69H,7-9,11-12,14-18,20-21,23-26,31,34,37,40-58,60-61,63-67H2,1-6H3,(H-,72,74,76,77)/b13-10-,22-19-,29-27-,30-28+,33-32-,36-35-,39-38-,62-59-. The molecule has 9 nitrogen and oxygen atoms in total. The molecule has 468 valence electrons. The van der Waals surface area contributed by atoms with Crippen LogP contribution in [0.2, 0.25) is 0 Å². The van der Waals surface area contributed by atoms with Crippen molar-refractivity contribution < 1.29 is 37.3 Å². The highest BCUT2D eigenvalue weighted by Gasteiger charge is 2.27. The summed E-state index contributed by atoms with van der Waals surface area (Å²) in [4.78, 5) is 40.1. The van der Waals surface area contributed by atoms with Crippen molar-refractivity contribution in [2.75, 3.05) is 40.9 Å². The van der Waals surface area contributed by atoms with Gasteiger partial charge in [0.05, 0.1) is 33.8 Å². The first kappa shape index (κ1) is 77.9. The van der Waals surface area contributed by atoms with Gasteiger partial charge in [0.15, 0.2) is 0 Å². The molecule has 0 aliphatic heterocycles. The molecule has 0 fully saturated rings. The van der Waals surface area contributed by atoms with Gasteiger partial charge in [0.1, 0.15) is 19.3 Å². The zero-order valence-corrected chi connectivity index (χ0v) is 54.4. The molecule has 0 heterocycles. The molecule has 0 bridgehead atoms. The second-order valence-electron chi connectivity index (χ2n) is 23.6. The van der Waals surface area contributed by atoms with Gasteiger partial charge in [-0.15, -0.1) is 0 Å². The number of quaternary nitrogens is 1. The van der Waals surface area contributed by atoms with Crippen LogP contribution in [0.5, 0.6) is 0 Å². The van der Waals surface area contributed by atoms with E-state index in [0.29, 0.717) is 17.4 Å². The van der Waals surface area contributed by atoms with Crippen LogP contribution in [0.15, 0.2) is 97.2 Å². The van der Waals surface area contributed by atoms with Crippen molar-refractivity contribution in [3.05, 3.63) is 97.2 Å².